The Kier molecular flexibility index (Phi) is 6.10. The Morgan fingerprint density at radius 2 is 2.05 bits per heavy atom. The van der Waals surface area contributed by atoms with Crippen LogP contribution in [-0.2, 0) is 11.3 Å². The maximum absolute atomic E-state index is 15.1. The van der Waals surface area contributed by atoms with E-state index in [2.05, 4.69) is 25.7 Å². The quantitative estimate of drug-likeness (QED) is 0.349. The molecule has 0 amide bonds. The molecule has 5 heterocycles. The van der Waals surface area contributed by atoms with E-state index in [-0.39, 0.29) is 34.8 Å². The van der Waals surface area contributed by atoms with Crippen molar-refractivity contribution >= 4 is 22.5 Å². The Hall–Kier alpha value is -3.59. The monoisotopic (exact) mass is 552 g/mol. The van der Waals surface area contributed by atoms with Crippen molar-refractivity contribution in [1.29, 1.82) is 0 Å². The molecule has 4 aromatic rings. The van der Waals surface area contributed by atoms with Crippen LogP contribution in [0, 0.1) is 5.82 Å². The number of alkyl halides is 4. The van der Waals surface area contributed by atoms with Crippen LogP contribution in [0.5, 0.6) is 5.88 Å². The number of nitrogens with one attached hydrogen (secondary N) is 1. The van der Waals surface area contributed by atoms with Gasteiger partial charge in [0.15, 0.2) is 5.82 Å². The maximum Gasteiger partial charge on any atom is 0.280 e. The van der Waals surface area contributed by atoms with Crippen LogP contribution in [0.15, 0.2) is 24.4 Å². The number of anilines is 1. The van der Waals surface area contributed by atoms with Crippen molar-refractivity contribution in [2.45, 2.75) is 43.8 Å². The summed E-state index contributed by atoms with van der Waals surface area (Å²) in [6, 6.07) is 3.11. The molecule has 2 aliphatic rings. The van der Waals surface area contributed by atoms with Crippen LogP contribution in [0.25, 0.3) is 27.7 Å². The van der Waals surface area contributed by atoms with Crippen molar-refractivity contribution in [2.24, 2.45) is 0 Å². The van der Waals surface area contributed by atoms with Gasteiger partial charge in [-0.1, -0.05) is 5.21 Å². The number of fused-ring (bicyclic) bond motifs is 2. The van der Waals surface area contributed by atoms with Gasteiger partial charge >= 0.3 is 0 Å². The molecular weight excluding hydrogens is 527 g/mol. The van der Waals surface area contributed by atoms with Crippen molar-refractivity contribution in [3.05, 3.63) is 30.2 Å². The number of halogens is 5. The Bertz CT molecular complexity index is 1540. The van der Waals surface area contributed by atoms with E-state index in [1.54, 1.807) is 17.2 Å². The lowest BCUT2D eigenvalue weighted by atomic mass is 9.91. The highest BCUT2D eigenvalue weighted by Crippen LogP contribution is 2.37. The average Bonchev–Trinajstić information content (AvgIpc) is 3.47. The number of ether oxygens (including phenoxy) is 2. The Morgan fingerprint density at radius 3 is 2.72 bits per heavy atom. The Balaban J connectivity index is 1.31. The highest BCUT2D eigenvalue weighted by Gasteiger charge is 2.51. The predicted molar refractivity (Wildman–Crippen MR) is 130 cm³/mol. The maximum atomic E-state index is 15.1. The van der Waals surface area contributed by atoms with Gasteiger partial charge in [0, 0.05) is 18.3 Å². The van der Waals surface area contributed by atoms with Crippen molar-refractivity contribution in [2.75, 3.05) is 38.7 Å². The van der Waals surface area contributed by atoms with Crippen LogP contribution in [0.3, 0.4) is 0 Å². The molecule has 0 saturated carbocycles. The van der Waals surface area contributed by atoms with E-state index >= 15 is 8.78 Å². The summed E-state index contributed by atoms with van der Waals surface area (Å²) in [7, 11) is 1.36. The highest BCUT2D eigenvalue weighted by atomic mass is 19.3. The first-order valence-corrected chi connectivity index (χ1v) is 12.3. The molecular formula is C24H25F5N8O2. The molecule has 2 fully saturated rings. The van der Waals surface area contributed by atoms with Gasteiger partial charge in [-0.2, -0.15) is 4.98 Å². The van der Waals surface area contributed by atoms with Crippen molar-refractivity contribution in [3.63, 3.8) is 0 Å². The molecule has 0 radical (unpaired) electrons. The third-order valence-electron chi connectivity index (χ3n) is 7.36. The van der Waals surface area contributed by atoms with Gasteiger partial charge in [0.25, 0.3) is 12.3 Å². The topological polar surface area (TPSA) is 94.6 Å². The highest BCUT2D eigenvalue weighted by molar-refractivity contribution is 5.89. The van der Waals surface area contributed by atoms with Gasteiger partial charge in [0.1, 0.15) is 17.6 Å². The number of benzene rings is 1. The first-order chi connectivity index (χ1) is 18.6. The number of rotatable bonds is 7. The summed E-state index contributed by atoms with van der Waals surface area (Å²) >= 11 is 0. The molecule has 1 atom stereocenters. The molecule has 0 bridgehead atoms. The lowest BCUT2D eigenvalue weighted by Gasteiger charge is -2.51. The third kappa shape index (κ3) is 4.42. The summed E-state index contributed by atoms with van der Waals surface area (Å²) in [5.74, 6) is -3.78. The van der Waals surface area contributed by atoms with Gasteiger partial charge in [0.05, 0.1) is 44.0 Å². The zero-order chi connectivity index (χ0) is 27.5. The van der Waals surface area contributed by atoms with Crippen LogP contribution < -0.4 is 10.1 Å². The summed E-state index contributed by atoms with van der Waals surface area (Å²) in [4.78, 5) is 6.07. The standard InChI is InChI=1S/C24H25F5N8O2/c1-23(11-39-12-23)35-5-4-17(24(28,29)10-35)30-22-31-21(38-2)20-14(3-6-36(20)33-22)13-7-15(25)19-16(8-13)37(34-32-19)9-18(26)27/h3,6-8,17-18H,4-5,9-12H2,1-2H3,(H,30,33)/t17-/m1/s1. The molecule has 0 unspecified atom stereocenters. The predicted octanol–water partition coefficient (Wildman–Crippen LogP) is 3.46. The normalized spacial score (nSPS) is 21.0. The summed E-state index contributed by atoms with van der Waals surface area (Å²) in [6.07, 6.45) is -0.982. The summed E-state index contributed by atoms with van der Waals surface area (Å²) in [6.45, 7) is 2.08. The minimum absolute atomic E-state index is 0.0568. The summed E-state index contributed by atoms with van der Waals surface area (Å²) < 4.78 is 84.0. The Labute approximate surface area is 218 Å². The lowest BCUT2D eigenvalue weighted by molar-refractivity contribution is -0.174. The van der Waals surface area contributed by atoms with E-state index in [1.165, 1.54) is 23.8 Å². The fourth-order valence-corrected chi connectivity index (χ4v) is 5.19. The fraction of sp³-hybridized carbons (Fsp3) is 0.500. The van der Waals surface area contributed by atoms with Gasteiger partial charge in [0.2, 0.25) is 11.8 Å². The number of hydrogen-bond donors (Lipinski definition) is 1. The van der Waals surface area contributed by atoms with Gasteiger partial charge in [-0.15, -0.1) is 10.2 Å². The van der Waals surface area contributed by atoms with E-state index in [0.29, 0.717) is 36.4 Å². The third-order valence-corrected chi connectivity index (χ3v) is 7.36. The second-order valence-electron chi connectivity index (χ2n) is 10.1. The number of hydrogen-bond acceptors (Lipinski definition) is 8. The minimum Gasteiger partial charge on any atom is -0.479 e. The molecule has 6 rings (SSSR count). The lowest BCUT2D eigenvalue weighted by Crippen LogP contribution is -2.67. The van der Waals surface area contributed by atoms with E-state index in [1.807, 2.05) is 6.92 Å². The van der Waals surface area contributed by atoms with Crippen molar-refractivity contribution in [3.8, 4) is 17.0 Å². The fourth-order valence-electron chi connectivity index (χ4n) is 5.19. The molecule has 0 spiro atoms. The van der Waals surface area contributed by atoms with Crippen molar-refractivity contribution < 1.29 is 31.4 Å². The van der Waals surface area contributed by atoms with E-state index in [4.69, 9.17) is 9.47 Å². The van der Waals surface area contributed by atoms with Crippen LogP contribution in [0.2, 0.25) is 0 Å². The minimum atomic E-state index is -3.05. The molecule has 0 aliphatic carbocycles. The smallest absolute Gasteiger partial charge is 0.280 e. The molecule has 1 N–H and O–H groups in total. The number of likely N-dealkylation sites (tertiary alicyclic amines) is 1. The summed E-state index contributed by atoms with van der Waals surface area (Å²) in [5.41, 5.74) is 0.690. The zero-order valence-electron chi connectivity index (χ0n) is 21.0. The second kappa shape index (κ2) is 9.26. The van der Waals surface area contributed by atoms with Crippen molar-refractivity contribution in [1.82, 2.24) is 34.5 Å². The van der Waals surface area contributed by atoms with Crippen LogP contribution in [0.1, 0.15) is 13.3 Å². The molecule has 2 aliphatic heterocycles. The molecule has 208 valence electrons. The SMILES string of the molecule is COc1nc(N[C@@H]2CCN(C3(C)COC3)CC2(F)F)nn2ccc(-c3cc(F)c4nnn(CC(F)F)c4c3)c12. The van der Waals surface area contributed by atoms with Gasteiger partial charge < -0.3 is 14.8 Å². The van der Waals surface area contributed by atoms with Crippen LogP contribution in [-0.4, -0.2) is 91.8 Å². The number of nitrogens with zero attached hydrogens (tertiary/aromatic N) is 7. The van der Waals surface area contributed by atoms with E-state index in [9.17, 15) is 13.2 Å². The average molecular weight is 553 g/mol. The molecule has 1 aromatic carbocycles. The molecule has 15 heteroatoms. The van der Waals surface area contributed by atoms with Gasteiger partial charge in [-0.3, -0.25) is 4.90 Å². The molecule has 10 nitrogen and oxygen atoms in total. The second-order valence-corrected chi connectivity index (χ2v) is 10.1. The van der Waals surface area contributed by atoms with E-state index < -0.39 is 37.3 Å². The van der Waals surface area contributed by atoms with E-state index in [0.717, 1.165) is 4.68 Å². The van der Waals surface area contributed by atoms with Gasteiger partial charge in [-0.05, 0) is 37.1 Å². The zero-order valence-corrected chi connectivity index (χ0v) is 21.0. The first kappa shape index (κ1) is 25.7. The molecule has 2 saturated heterocycles. The molecule has 39 heavy (non-hydrogen) atoms. The number of piperidine rings is 1. The summed E-state index contributed by atoms with van der Waals surface area (Å²) in [5, 5.41) is 14.4. The first-order valence-electron chi connectivity index (χ1n) is 12.3. The number of aromatic nitrogens is 6. The van der Waals surface area contributed by atoms with Gasteiger partial charge in [-0.25, -0.2) is 31.1 Å². The van der Waals surface area contributed by atoms with Crippen LogP contribution in [0.4, 0.5) is 27.9 Å². The largest absolute Gasteiger partial charge is 0.479 e. The molecule has 3 aromatic heterocycles. The Morgan fingerprint density at radius 1 is 1.26 bits per heavy atom. The van der Waals surface area contributed by atoms with Crippen LogP contribution >= 0.6 is 0 Å². The number of methoxy groups -OCH3 is 1.